The number of methoxy groups -OCH3 is 2. The molecule has 6 nitrogen and oxygen atoms in total. The maximum atomic E-state index is 13.9. The van der Waals surface area contributed by atoms with Crippen LogP contribution in [0, 0.1) is 0 Å². The molecule has 2 aromatic carbocycles. The molecule has 0 radical (unpaired) electrons. The van der Waals surface area contributed by atoms with Crippen molar-refractivity contribution in [1.82, 2.24) is 10.2 Å². The number of hydrogen-bond donors (Lipinski definition) is 1. The number of thiocarbonyl (C=S) groups is 1. The minimum atomic E-state index is -0.476. The van der Waals surface area contributed by atoms with Crippen LogP contribution in [0.5, 0.6) is 11.5 Å². The third-order valence-electron chi connectivity index (χ3n) is 6.84. The monoisotopic (exact) mass is 495 g/mol. The van der Waals surface area contributed by atoms with E-state index in [0.717, 1.165) is 23.4 Å². The van der Waals surface area contributed by atoms with Crippen molar-refractivity contribution in [2.75, 3.05) is 32.2 Å². The molecule has 0 unspecified atom stereocenters. The molecule has 2 atom stereocenters. The highest BCUT2D eigenvalue weighted by Gasteiger charge is 2.37. The number of ether oxygens (including phenoxy) is 2. The molecule has 0 saturated heterocycles. The Hall–Kier alpha value is -3.06. The third kappa shape index (κ3) is 5.15. The van der Waals surface area contributed by atoms with Crippen LogP contribution < -0.4 is 19.7 Å². The molecule has 1 aliphatic rings. The van der Waals surface area contributed by atoms with E-state index in [-0.39, 0.29) is 5.91 Å². The van der Waals surface area contributed by atoms with Crippen LogP contribution in [-0.4, -0.2) is 43.2 Å². The summed E-state index contributed by atoms with van der Waals surface area (Å²) < 4.78 is 11.3. The first-order valence-electron chi connectivity index (χ1n) is 12.2. The van der Waals surface area contributed by atoms with Gasteiger partial charge in [0.2, 0.25) is 0 Å². The minimum absolute atomic E-state index is 0.0291. The molecular formula is C28H37N3O3S. The fraction of sp³-hybridized carbons (Fsp3) is 0.429. The Labute approximate surface area is 214 Å². The molecule has 3 rings (SSSR count). The zero-order chi connectivity index (χ0) is 25.7. The van der Waals surface area contributed by atoms with Gasteiger partial charge in [-0.25, -0.2) is 0 Å². The van der Waals surface area contributed by atoms with Gasteiger partial charge in [-0.15, -0.1) is 0 Å². The summed E-state index contributed by atoms with van der Waals surface area (Å²) in [6.45, 7) is 11.6. The van der Waals surface area contributed by atoms with Crippen LogP contribution in [0.4, 0.5) is 5.69 Å². The smallest absolute Gasteiger partial charge is 0.253 e. The SMILES string of the molecule is CC[C@H](C)c1ccc(N2C(=S)N[C@H](c3cccc(OC)c3OC)C(C(=O)N(CC)CC)=C2C)cc1. The second-order valence-electron chi connectivity index (χ2n) is 8.68. The number of nitrogens with one attached hydrogen (secondary N) is 1. The fourth-order valence-electron chi connectivity index (χ4n) is 4.57. The predicted octanol–water partition coefficient (Wildman–Crippen LogP) is 5.80. The van der Waals surface area contributed by atoms with Crippen LogP contribution in [0.15, 0.2) is 53.7 Å². The van der Waals surface area contributed by atoms with Crippen molar-refractivity contribution >= 4 is 28.9 Å². The van der Waals surface area contributed by atoms with Gasteiger partial charge in [0.15, 0.2) is 16.6 Å². The van der Waals surface area contributed by atoms with Crippen molar-refractivity contribution in [2.24, 2.45) is 0 Å². The van der Waals surface area contributed by atoms with Gasteiger partial charge in [-0.2, -0.15) is 0 Å². The molecule has 1 N–H and O–H groups in total. The lowest BCUT2D eigenvalue weighted by Crippen LogP contribution is -2.50. The molecule has 0 fully saturated rings. The molecule has 1 heterocycles. The summed E-state index contributed by atoms with van der Waals surface area (Å²) in [6.07, 6.45) is 1.08. The van der Waals surface area contributed by atoms with E-state index >= 15 is 0 Å². The maximum absolute atomic E-state index is 13.9. The number of anilines is 1. The van der Waals surface area contributed by atoms with Crippen LogP contribution in [-0.2, 0) is 4.79 Å². The van der Waals surface area contributed by atoms with E-state index in [1.54, 1.807) is 14.2 Å². The van der Waals surface area contributed by atoms with E-state index < -0.39 is 6.04 Å². The molecule has 0 aromatic heterocycles. The van der Waals surface area contributed by atoms with E-state index in [0.29, 0.717) is 41.2 Å². The number of rotatable bonds is 9. The molecule has 1 aliphatic heterocycles. The lowest BCUT2D eigenvalue weighted by molar-refractivity contribution is -0.127. The summed E-state index contributed by atoms with van der Waals surface area (Å²) in [5.41, 5.74) is 4.45. The Morgan fingerprint density at radius 2 is 1.74 bits per heavy atom. The Morgan fingerprint density at radius 3 is 2.29 bits per heavy atom. The summed E-state index contributed by atoms with van der Waals surface area (Å²) >= 11 is 5.86. The third-order valence-corrected chi connectivity index (χ3v) is 7.14. The summed E-state index contributed by atoms with van der Waals surface area (Å²) in [4.78, 5) is 17.6. The Morgan fingerprint density at radius 1 is 1.09 bits per heavy atom. The zero-order valence-electron chi connectivity index (χ0n) is 21.8. The van der Waals surface area contributed by atoms with E-state index in [4.69, 9.17) is 21.7 Å². The maximum Gasteiger partial charge on any atom is 0.253 e. The van der Waals surface area contributed by atoms with Crippen molar-refractivity contribution in [3.8, 4) is 11.5 Å². The van der Waals surface area contributed by atoms with Crippen LogP contribution in [0.3, 0.4) is 0 Å². The molecular weight excluding hydrogens is 458 g/mol. The first-order chi connectivity index (χ1) is 16.8. The molecule has 0 spiro atoms. The second-order valence-corrected chi connectivity index (χ2v) is 9.06. The average molecular weight is 496 g/mol. The Bertz CT molecular complexity index is 1090. The van der Waals surface area contributed by atoms with Gasteiger partial charge in [-0.1, -0.05) is 38.1 Å². The predicted molar refractivity (Wildman–Crippen MR) is 146 cm³/mol. The number of carbonyl (C=O) groups is 1. The summed E-state index contributed by atoms with van der Waals surface area (Å²) in [5.74, 6) is 1.64. The zero-order valence-corrected chi connectivity index (χ0v) is 22.7. The molecule has 0 bridgehead atoms. The van der Waals surface area contributed by atoms with Gasteiger partial charge in [0.05, 0.1) is 25.8 Å². The molecule has 2 aromatic rings. The van der Waals surface area contributed by atoms with E-state index in [2.05, 4.69) is 43.4 Å². The lowest BCUT2D eigenvalue weighted by atomic mass is 9.92. The number of nitrogens with zero attached hydrogens (tertiary/aromatic N) is 2. The normalized spacial score (nSPS) is 16.6. The van der Waals surface area contributed by atoms with Gasteiger partial charge >= 0.3 is 0 Å². The molecule has 1 amide bonds. The minimum Gasteiger partial charge on any atom is -0.493 e. The van der Waals surface area contributed by atoms with Crippen LogP contribution in [0.1, 0.15) is 64.1 Å². The molecule has 0 aliphatic carbocycles. The standard InChI is InChI=1S/C28H37N3O3S/c1-8-18(4)20-14-16-21(17-15-20)31-19(5)24(27(32)30(9-2)10-3)25(29-28(31)35)22-12-11-13-23(33-6)26(22)34-7/h11-18,25H,8-10H2,1-7H3,(H,29,35)/t18-,25+/m0/s1. The number of benzene rings is 2. The van der Waals surface area contributed by atoms with Gasteiger partial charge in [0, 0.05) is 30.0 Å². The van der Waals surface area contributed by atoms with Crippen molar-refractivity contribution in [1.29, 1.82) is 0 Å². The van der Waals surface area contributed by atoms with Crippen molar-refractivity contribution in [2.45, 2.75) is 53.0 Å². The number of para-hydroxylation sites is 1. The second kappa shape index (κ2) is 11.6. The van der Waals surface area contributed by atoms with Crippen molar-refractivity contribution in [3.05, 3.63) is 64.9 Å². The van der Waals surface area contributed by atoms with Crippen LogP contribution in [0.2, 0.25) is 0 Å². The summed E-state index contributed by atoms with van der Waals surface area (Å²) in [6, 6.07) is 13.6. The average Bonchev–Trinajstić information content (AvgIpc) is 2.88. The Balaban J connectivity index is 2.19. The lowest BCUT2D eigenvalue weighted by Gasteiger charge is -2.39. The first kappa shape index (κ1) is 26.5. The van der Waals surface area contributed by atoms with Gasteiger partial charge in [-0.3, -0.25) is 9.69 Å². The molecule has 0 saturated carbocycles. The van der Waals surface area contributed by atoms with E-state index in [1.807, 2.05) is 48.8 Å². The van der Waals surface area contributed by atoms with Crippen LogP contribution >= 0.6 is 12.2 Å². The number of amides is 1. The molecule has 188 valence electrons. The fourth-order valence-corrected chi connectivity index (χ4v) is 4.93. The Kier molecular flexibility index (Phi) is 8.78. The number of likely N-dealkylation sites (N-methyl/N-ethyl adjacent to an activating group) is 1. The number of carbonyl (C=O) groups excluding carboxylic acids is 1. The highest BCUT2D eigenvalue weighted by atomic mass is 32.1. The largest absolute Gasteiger partial charge is 0.493 e. The summed E-state index contributed by atoms with van der Waals surface area (Å²) in [7, 11) is 3.21. The number of hydrogen-bond acceptors (Lipinski definition) is 4. The van der Waals surface area contributed by atoms with Crippen molar-refractivity contribution in [3.63, 3.8) is 0 Å². The summed E-state index contributed by atoms with van der Waals surface area (Å²) in [5, 5.41) is 3.97. The van der Waals surface area contributed by atoms with Crippen LogP contribution in [0.25, 0.3) is 0 Å². The van der Waals surface area contributed by atoms with Gasteiger partial charge < -0.3 is 19.7 Å². The highest BCUT2D eigenvalue weighted by molar-refractivity contribution is 7.80. The van der Waals surface area contributed by atoms with Gasteiger partial charge in [0.1, 0.15) is 0 Å². The van der Waals surface area contributed by atoms with E-state index in [9.17, 15) is 4.79 Å². The quantitative estimate of drug-likeness (QED) is 0.444. The van der Waals surface area contributed by atoms with Gasteiger partial charge in [0.25, 0.3) is 5.91 Å². The van der Waals surface area contributed by atoms with E-state index in [1.165, 1.54) is 5.56 Å². The van der Waals surface area contributed by atoms with Crippen molar-refractivity contribution < 1.29 is 14.3 Å². The highest BCUT2D eigenvalue weighted by Crippen LogP contribution is 2.41. The van der Waals surface area contributed by atoms with Gasteiger partial charge in [-0.05, 0) is 69.1 Å². The topological polar surface area (TPSA) is 54.0 Å². The molecule has 35 heavy (non-hydrogen) atoms. The number of allylic oxidation sites excluding steroid dienone is 1. The molecule has 7 heteroatoms. The first-order valence-corrected chi connectivity index (χ1v) is 12.6.